The second-order valence-electron chi connectivity index (χ2n) is 4.52. The summed E-state index contributed by atoms with van der Waals surface area (Å²) in [5.41, 5.74) is 0. The molecule has 0 aromatic rings. The first kappa shape index (κ1) is 15.4. The van der Waals surface area contributed by atoms with E-state index in [1.54, 1.807) is 0 Å². The van der Waals surface area contributed by atoms with Crippen LogP contribution in [0.4, 0.5) is 0 Å². The predicted molar refractivity (Wildman–Crippen MR) is 71.6 cm³/mol. The Kier molecular flexibility index (Phi) is 5.42. The summed E-state index contributed by atoms with van der Waals surface area (Å²) in [6.07, 6.45) is 3.88. The van der Waals surface area contributed by atoms with Crippen LogP contribution in [0.15, 0.2) is 0 Å². The van der Waals surface area contributed by atoms with Gasteiger partial charge in [-0.3, -0.25) is 0 Å². The first-order chi connectivity index (χ1) is 7.73. The lowest BCUT2D eigenvalue weighted by Crippen LogP contribution is -2.40. The third-order valence-corrected chi connectivity index (χ3v) is 6.35. The summed E-state index contributed by atoms with van der Waals surface area (Å²) in [6.45, 7) is 0. The van der Waals surface area contributed by atoms with Crippen LogP contribution >= 0.6 is 15.9 Å². The molecule has 1 saturated carbocycles. The van der Waals surface area contributed by atoms with Gasteiger partial charge in [-0.1, -0.05) is 22.4 Å². The van der Waals surface area contributed by atoms with Crippen molar-refractivity contribution < 1.29 is 16.8 Å². The lowest BCUT2D eigenvalue weighted by atomic mass is 10.1. The lowest BCUT2D eigenvalue weighted by molar-refractivity contribution is 0.484. The van der Waals surface area contributed by atoms with Crippen molar-refractivity contribution in [2.24, 2.45) is 5.92 Å². The highest BCUT2D eigenvalue weighted by Crippen LogP contribution is 2.27. The summed E-state index contributed by atoms with van der Waals surface area (Å²) in [5, 5.41) is 0.770. The van der Waals surface area contributed by atoms with Gasteiger partial charge in [0.1, 0.15) is 9.84 Å². The molecule has 0 bridgehead atoms. The first-order valence-electron chi connectivity index (χ1n) is 5.47. The van der Waals surface area contributed by atoms with Crippen molar-refractivity contribution in [3.05, 3.63) is 0 Å². The topological polar surface area (TPSA) is 80.3 Å². The molecule has 5 nitrogen and oxygen atoms in total. The molecule has 0 aliphatic heterocycles. The highest BCUT2D eigenvalue weighted by atomic mass is 79.9. The molecule has 17 heavy (non-hydrogen) atoms. The van der Waals surface area contributed by atoms with E-state index in [4.69, 9.17) is 0 Å². The zero-order valence-corrected chi connectivity index (χ0v) is 12.9. The SMILES string of the molecule is CS(=O)(=O)CCS(=O)(=O)NC1CCCC1CBr. The van der Waals surface area contributed by atoms with E-state index < -0.39 is 19.9 Å². The van der Waals surface area contributed by atoms with Gasteiger partial charge in [-0.2, -0.15) is 0 Å². The Labute approximate surface area is 111 Å². The van der Waals surface area contributed by atoms with Crippen molar-refractivity contribution in [3.63, 3.8) is 0 Å². The molecule has 1 rings (SSSR count). The lowest BCUT2D eigenvalue weighted by Gasteiger charge is -2.18. The average molecular weight is 348 g/mol. The van der Waals surface area contributed by atoms with E-state index >= 15 is 0 Å². The fourth-order valence-electron chi connectivity index (χ4n) is 1.93. The van der Waals surface area contributed by atoms with Crippen LogP contribution in [0.3, 0.4) is 0 Å². The van der Waals surface area contributed by atoms with Gasteiger partial charge in [0.2, 0.25) is 10.0 Å². The van der Waals surface area contributed by atoms with Crippen LogP contribution in [0, 0.1) is 5.92 Å². The molecule has 2 atom stereocenters. The number of nitrogens with one attached hydrogen (secondary N) is 1. The second kappa shape index (κ2) is 5.99. The molecule has 0 amide bonds. The summed E-state index contributed by atoms with van der Waals surface area (Å²) in [5.74, 6) is -0.367. The van der Waals surface area contributed by atoms with E-state index in [0.717, 1.165) is 30.8 Å². The molecule has 1 fully saturated rings. The highest BCUT2D eigenvalue weighted by Gasteiger charge is 2.30. The van der Waals surface area contributed by atoms with Gasteiger partial charge in [0, 0.05) is 17.6 Å². The normalized spacial score (nSPS) is 26.2. The molecule has 1 N–H and O–H groups in total. The highest BCUT2D eigenvalue weighted by molar-refractivity contribution is 9.09. The molecular weight excluding hydrogens is 330 g/mol. The Morgan fingerprint density at radius 1 is 1.18 bits per heavy atom. The van der Waals surface area contributed by atoms with Gasteiger partial charge in [-0.05, 0) is 18.8 Å². The van der Waals surface area contributed by atoms with E-state index in [9.17, 15) is 16.8 Å². The molecule has 1 aliphatic rings. The Hall–Kier alpha value is 0.340. The fourth-order valence-corrected chi connectivity index (χ4v) is 5.68. The van der Waals surface area contributed by atoms with Crippen molar-refractivity contribution in [2.75, 3.05) is 23.1 Å². The van der Waals surface area contributed by atoms with Crippen LogP contribution in [0.1, 0.15) is 19.3 Å². The Morgan fingerprint density at radius 3 is 2.35 bits per heavy atom. The number of alkyl halides is 1. The predicted octanol–water partition coefficient (Wildman–Crippen LogP) is 0.514. The van der Waals surface area contributed by atoms with E-state index in [-0.39, 0.29) is 17.5 Å². The van der Waals surface area contributed by atoms with Crippen molar-refractivity contribution in [1.82, 2.24) is 4.72 Å². The van der Waals surface area contributed by atoms with Gasteiger partial charge in [-0.25, -0.2) is 21.6 Å². The Morgan fingerprint density at radius 2 is 1.82 bits per heavy atom. The molecule has 0 radical (unpaired) electrons. The maximum Gasteiger partial charge on any atom is 0.212 e. The van der Waals surface area contributed by atoms with Gasteiger partial charge in [0.05, 0.1) is 11.5 Å². The molecule has 0 spiro atoms. The summed E-state index contributed by atoms with van der Waals surface area (Å²) in [4.78, 5) is 0. The fraction of sp³-hybridized carbons (Fsp3) is 1.00. The van der Waals surface area contributed by atoms with E-state index in [1.165, 1.54) is 0 Å². The maximum atomic E-state index is 11.7. The van der Waals surface area contributed by atoms with Crippen molar-refractivity contribution in [3.8, 4) is 0 Å². The van der Waals surface area contributed by atoms with Gasteiger partial charge >= 0.3 is 0 Å². The Balaban J connectivity index is 2.55. The summed E-state index contributed by atoms with van der Waals surface area (Å²) >= 11 is 3.36. The minimum Gasteiger partial charge on any atom is -0.229 e. The minimum atomic E-state index is -3.49. The number of rotatable bonds is 6. The van der Waals surface area contributed by atoms with Gasteiger partial charge < -0.3 is 0 Å². The largest absolute Gasteiger partial charge is 0.229 e. The van der Waals surface area contributed by atoms with Gasteiger partial charge in [0.25, 0.3) is 0 Å². The summed E-state index contributed by atoms with van der Waals surface area (Å²) < 4.78 is 47.9. The van der Waals surface area contributed by atoms with Crippen molar-refractivity contribution >= 4 is 35.8 Å². The number of sulfonamides is 1. The smallest absolute Gasteiger partial charge is 0.212 e. The van der Waals surface area contributed by atoms with Crippen LogP contribution in [0.5, 0.6) is 0 Å². The van der Waals surface area contributed by atoms with Gasteiger partial charge in [0.15, 0.2) is 0 Å². The summed E-state index contributed by atoms with van der Waals surface area (Å²) in [7, 11) is -6.73. The summed E-state index contributed by atoms with van der Waals surface area (Å²) in [6, 6.07) is -0.0565. The van der Waals surface area contributed by atoms with E-state index in [0.29, 0.717) is 5.92 Å². The third-order valence-electron chi connectivity index (χ3n) is 2.91. The van der Waals surface area contributed by atoms with Crippen molar-refractivity contribution in [2.45, 2.75) is 25.3 Å². The standard InChI is InChI=1S/C9H18BrNO4S2/c1-16(12,13)5-6-17(14,15)11-9-4-2-3-8(9)7-10/h8-9,11H,2-7H2,1H3. The monoisotopic (exact) mass is 347 g/mol. The first-order valence-corrected chi connectivity index (χ1v) is 10.3. The van der Waals surface area contributed by atoms with Gasteiger partial charge in [-0.15, -0.1) is 0 Å². The average Bonchev–Trinajstić information content (AvgIpc) is 2.61. The zero-order chi connectivity index (χ0) is 13.1. The molecule has 0 saturated heterocycles. The molecule has 1 aliphatic carbocycles. The maximum absolute atomic E-state index is 11.7. The van der Waals surface area contributed by atoms with Crippen LogP contribution in [0.25, 0.3) is 0 Å². The molecule has 0 aromatic carbocycles. The number of hydrogen-bond donors (Lipinski definition) is 1. The number of hydrogen-bond acceptors (Lipinski definition) is 4. The van der Waals surface area contributed by atoms with E-state index in [1.807, 2.05) is 0 Å². The molecular formula is C9H18BrNO4S2. The molecule has 102 valence electrons. The molecule has 0 heterocycles. The molecule has 8 heteroatoms. The number of sulfone groups is 1. The van der Waals surface area contributed by atoms with Crippen LogP contribution < -0.4 is 4.72 Å². The Bertz CT molecular complexity index is 446. The molecule has 2 unspecified atom stereocenters. The third kappa shape index (κ3) is 5.67. The quantitative estimate of drug-likeness (QED) is 0.710. The number of halogens is 1. The van der Waals surface area contributed by atoms with Crippen molar-refractivity contribution in [1.29, 1.82) is 0 Å². The van der Waals surface area contributed by atoms with Crippen LogP contribution in [-0.2, 0) is 19.9 Å². The zero-order valence-electron chi connectivity index (χ0n) is 9.72. The minimum absolute atomic E-state index is 0.0565. The second-order valence-corrected chi connectivity index (χ2v) is 9.30. The molecule has 0 aromatic heterocycles. The van der Waals surface area contributed by atoms with Crippen LogP contribution in [0.2, 0.25) is 0 Å². The van der Waals surface area contributed by atoms with E-state index in [2.05, 4.69) is 20.7 Å². The van der Waals surface area contributed by atoms with Crippen LogP contribution in [-0.4, -0.2) is 46.0 Å².